The molecule has 0 saturated heterocycles. The van der Waals surface area contributed by atoms with Gasteiger partial charge in [-0.3, -0.25) is 0 Å². The first-order valence-corrected chi connectivity index (χ1v) is 18.2. The predicted molar refractivity (Wildman–Crippen MR) is 221 cm³/mol. The quantitative estimate of drug-likeness (QED) is 0.154. The monoisotopic (exact) mass is 717 g/mol. The second-order valence-corrected chi connectivity index (χ2v) is 13.1. The van der Waals surface area contributed by atoms with Gasteiger partial charge in [0.2, 0.25) is 0 Å². The van der Waals surface area contributed by atoms with E-state index in [1.807, 2.05) is 176 Å². The number of nitriles is 1. The van der Waals surface area contributed by atoms with Crippen molar-refractivity contribution in [3.05, 3.63) is 194 Å². The maximum Gasteiger partial charge on any atom is 0.164 e. The average molecular weight is 718 g/mol. The van der Waals surface area contributed by atoms with Crippen LogP contribution in [0.1, 0.15) is 5.56 Å². The van der Waals surface area contributed by atoms with Gasteiger partial charge in [0.05, 0.1) is 11.6 Å². The van der Waals surface area contributed by atoms with Crippen molar-refractivity contribution in [3.63, 3.8) is 0 Å². The van der Waals surface area contributed by atoms with Gasteiger partial charge in [-0.1, -0.05) is 182 Å². The molecular weight excluding hydrogens is 687 g/mol. The fourth-order valence-electron chi connectivity index (χ4n) is 6.66. The third kappa shape index (κ3) is 6.94. The van der Waals surface area contributed by atoms with E-state index < -0.39 is 0 Å². The fourth-order valence-corrected chi connectivity index (χ4v) is 6.66. The molecule has 7 nitrogen and oxygen atoms in total. The van der Waals surface area contributed by atoms with E-state index in [1.54, 1.807) is 0 Å². The lowest BCUT2D eigenvalue weighted by molar-refractivity contribution is 1.07. The van der Waals surface area contributed by atoms with Gasteiger partial charge in [-0.15, -0.1) is 0 Å². The normalized spacial score (nSPS) is 10.8. The van der Waals surface area contributed by atoms with Gasteiger partial charge in [-0.25, -0.2) is 29.9 Å². The topological polar surface area (TPSA) is 101 Å². The third-order valence-corrected chi connectivity index (χ3v) is 9.47. The summed E-state index contributed by atoms with van der Waals surface area (Å²) in [4.78, 5) is 29.2. The fraction of sp³-hybridized carbons (Fsp3) is 0. The zero-order valence-electron chi connectivity index (χ0n) is 30.0. The lowest BCUT2D eigenvalue weighted by Crippen LogP contribution is -2.00. The van der Waals surface area contributed by atoms with Gasteiger partial charge in [-0.2, -0.15) is 5.26 Å². The van der Waals surface area contributed by atoms with E-state index in [1.165, 1.54) is 0 Å². The number of benzene rings is 7. The highest BCUT2D eigenvalue weighted by Gasteiger charge is 2.17. The highest BCUT2D eigenvalue weighted by atomic mass is 15.0. The van der Waals surface area contributed by atoms with Crippen LogP contribution in [0.2, 0.25) is 0 Å². The minimum absolute atomic E-state index is 0.567. The van der Waals surface area contributed by atoms with Crippen LogP contribution >= 0.6 is 0 Å². The molecule has 0 aliphatic heterocycles. The Kier molecular flexibility index (Phi) is 9.18. The summed E-state index contributed by atoms with van der Waals surface area (Å²) >= 11 is 0. The summed E-state index contributed by atoms with van der Waals surface area (Å²) in [6.45, 7) is 0. The van der Waals surface area contributed by atoms with E-state index in [-0.39, 0.29) is 0 Å². The Balaban J connectivity index is 1.08. The minimum Gasteiger partial charge on any atom is -0.208 e. The molecule has 0 aliphatic rings. The highest BCUT2D eigenvalue weighted by Crippen LogP contribution is 2.37. The van der Waals surface area contributed by atoms with Gasteiger partial charge in [-0.05, 0) is 22.8 Å². The van der Waals surface area contributed by atoms with E-state index >= 15 is 0 Å². The first-order valence-electron chi connectivity index (χ1n) is 18.2. The van der Waals surface area contributed by atoms with Crippen molar-refractivity contribution >= 4 is 0 Å². The Morgan fingerprint density at radius 2 is 0.554 bits per heavy atom. The molecule has 2 heterocycles. The molecule has 0 spiro atoms. The van der Waals surface area contributed by atoms with Crippen LogP contribution in [-0.2, 0) is 0 Å². The number of rotatable bonds is 8. The van der Waals surface area contributed by atoms with Crippen molar-refractivity contribution in [2.24, 2.45) is 0 Å². The van der Waals surface area contributed by atoms with Gasteiger partial charge in [0, 0.05) is 38.9 Å². The van der Waals surface area contributed by atoms with Gasteiger partial charge in [0.15, 0.2) is 34.9 Å². The van der Waals surface area contributed by atoms with Gasteiger partial charge < -0.3 is 0 Å². The SMILES string of the molecule is N#Cc1cccc(-c2ccc(-c3nc(-c4ccccc4)nc(-c4ccccc4)n3)cc2)c1-c1ccc(-c2nc(-c3ccccc3)nc(-c3ccccc3)n2)cc1. The third-order valence-electron chi connectivity index (χ3n) is 9.47. The van der Waals surface area contributed by atoms with Crippen LogP contribution < -0.4 is 0 Å². The minimum atomic E-state index is 0.567. The van der Waals surface area contributed by atoms with Crippen molar-refractivity contribution < 1.29 is 0 Å². The van der Waals surface area contributed by atoms with Gasteiger partial charge in [0.1, 0.15) is 0 Å². The molecule has 0 aliphatic carbocycles. The molecule has 0 N–H and O–H groups in total. The molecule has 9 aromatic rings. The van der Waals surface area contributed by atoms with Crippen molar-refractivity contribution in [3.8, 4) is 96.7 Å². The number of hydrogen-bond acceptors (Lipinski definition) is 7. The zero-order valence-corrected chi connectivity index (χ0v) is 30.0. The summed E-state index contributed by atoms with van der Waals surface area (Å²) in [5, 5.41) is 10.3. The van der Waals surface area contributed by atoms with E-state index in [4.69, 9.17) is 29.9 Å². The smallest absolute Gasteiger partial charge is 0.164 e. The number of hydrogen-bond donors (Lipinski definition) is 0. The van der Waals surface area contributed by atoms with Crippen LogP contribution in [0.25, 0.3) is 90.6 Å². The first-order chi connectivity index (χ1) is 27.7. The lowest BCUT2D eigenvalue weighted by Gasteiger charge is -2.14. The zero-order chi connectivity index (χ0) is 37.7. The summed E-state index contributed by atoms with van der Waals surface area (Å²) < 4.78 is 0. The second-order valence-electron chi connectivity index (χ2n) is 13.1. The Bertz CT molecular complexity index is 2710. The van der Waals surface area contributed by atoms with Gasteiger partial charge >= 0.3 is 0 Å². The van der Waals surface area contributed by atoms with Crippen LogP contribution in [0.4, 0.5) is 0 Å². The maximum absolute atomic E-state index is 10.3. The summed E-state index contributed by atoms with van der Waals surface area (Å²) in [5.41, 5.74) is 9.57. The predicted octanol–water partition coefficient (Wildman–Crippen LogP) is 11.3. The molecule has 0 amide bonds. The Morgan fingerprint density at radius 3 is 0.875 bits per heavy atom. The Hall–Kier alpha value is -7.95. The number of nitrogens with zero attached hydrogens (tertiary/aromatic N) is 7. The molecule has 7 aromatic carbocycles. The average Bonchev–Trinajstić information content (AvgIpc) is 3.29. The molecule has 9 rings (SSSR count). The largest absolute Gasteiger partial charge is 0.208 e. The van der Waals surface area contributed by atoms with Crippen molar-refractivity contribution in [2.45, 2.75) is 0 Å². The Morgan fingerprint density at radius 1 is 0.268 bits per heavy atom. The molecule has 262 valence electrons. The molecule has 0 bridgehead atoms. The summed E-state index contributed by atoms with van der Waals surface area (Å²) in [6, 6.07) is 64.2. The summed E-state index contributed by atoms with van der Waals surface area (Å²) in [5.74, 6) is 3.56. The molecule has 0 atom stereocenters. The summed E-state index contributed by atoms with van der Waals surface area (Å²) in [7, 11) is 0. The van der Waals surface area contributed by atoms with Crippen LogP contribution in [0, 0.1) is 11.3 Å². The van der Waals surface area contributed by atoms with Crippen LogP contribution in [0.3, 0.4) is 0 Å². The number of aromatic nitrogens is 6. The molecular formula is C49H31N7. The standard InChI is InChI=1S/C49H31N7/c50-32-41-22-13-23-42(33-24-28-39(29-25-33)48-53-44(35-14-5-1-6-15-35)51-45(54-48)36-16-7-2-8-17-36)43(41)34-26-30-40(31-27-34)49-55-46(37-18-9-3-10-19-37)52-47(56-49)38-20-11-4-12-21-38/h1-31H. The molecule has 0 radical (unpaired) electrons. The molecule has 2 aromatic heterocycles. The highest BCUT2D eigenvalue weighted by molar-refractivity contribution is 5.88. The molecule has 0 fully saturated rings. The van der Waals surface area contributed by atoms with Gasteiger partial charge in [0.25, 0.3) is 0 Å². The van der Waals surface area contributed by atoms with Crippen LogP contribution in [0.15, 0.2) is 188 Å². The van der Waals surface area contributed by atoms with Crippen LogP contribution in [0.5, 0.6) is 0 Å². The van der Waals surface area contributed by atoms with E-state index in [2.05, 4.69) is 18.2 Å². The van der Waals surface area contributed by atoms with Crippen molar-refractivity contribution in [1.29, 1.82) is 5.26 Å². The maximum atomic E-state index is 10.3. The van der Waals surface area contributed by atoms with E-state index in [0.717, 1.165) is 55.6 Å². The molecule has 7 heteroatoms. The first kappa shape index (κ1) is 33.9. The lowest BCUT2D eigenvalue weighted by atomic mass is 9.90. The Labute approximate surface area is 324 Å². The van der Waals surface area contributed by atoms with Crippen molar-refractivity contribution in [2.75, 3.05) is 0 Å². The second kappa shape index (κ2) is 15.2. The molecule has 0 saturated carbocycles. The summed E-state index contributed by atoms with van der Waals surface area (Å²) in [6.07, 6.45) is 0. The van der Waals surface area contributed by atoms with Crippen LogP contribution in [-0.4, -0.2) is 29.9 Å². The van der Waals surface area contributed by atoms with E-state index in [0.29, 0.717) is 40.5 Å². The van der Waals surface area contributed by atoms with Crippen molar-refractivity contribution in [1.82, 2.24) is 29.9 Å². The van der Waals surface area contributed by atoms with E-state index in [9.17, 15) is 5.26 Å². The molecule has 56 heavy (non-hydrogen) atoms. The molecule has 0 unspecified atom stereocenters.